The van der Waals surface area contributed by atoms with Gasteiger partial charge in [0.05, 0.1) is 5.71 Å². The lowest BCUT2D eigenvalue weighted by Crippen LogP contribution is -2.40. The van der Waals surface area contributed by atoms with Gasteiger partial charge in [-0.05, 0) is 67.5 Å². The average Bonchev–Trinajstić information content (AvgIpc) is 3.33. The molecular weight excluding hydrogens is 450 g/mol. The molecule has 3 aromatic carbocycles. The van der Waals surface area contributed by atoms with E-state index in [2.05, 4.69) is 34.7 Å². The minimum atomic E-state index is -1.08. The van der Waals surface area contributed by atoms with Crippen molar-refractivity contribution in [3.8, 4) is 0 Å². The number of benzene rings is 3. The van der Waals surface area contributed by atoms with Crippen molar-refractivity contribution in [2.75, 3.05) is 18.4 Å². The summed E-state index contributed by atoms with van der Waals surface area (Å²) in [5, 5.41) is 7.08. The van der Waals surface area contributed by atoms with Gasteiger partial charge in [0.25, 0.3) is 11.8 Å². The second-order valence-corrected chi connectivity index (χ2v) is 9.86. The number of anilines is 1. The molecule has 1 saturated heterocycles. The Balaban J connectivity index is 1.15. The van der Waals surface area contributed by atoms with Crippen LogP contribution in [-0.4, -0.2) is 41.1 Å². The van der Waals surface area contributed by atoms with E-state index in [1.807, 2.05) is 65.6 Å². The first-order valence-corrected chi connectivity index (χ1v) is 12.6. The van der Waals surface area contributed by atoms with E-state index in [4.69, 9.17) is 4.84 Å². The van der Waals surface area contributed by atoms with Crippen LogP contribution in [-0.2, 0) is 16.1 Å². The molecule has 1 unspecified atom stereocenters. The topological polar surface area (TPSA) is 71.0 Å². The van der Waals surface area contributed by atoms with Gasteiger partial charge in [0.1, 0.15) is 0 Å². The molecule has 184 valence electrons. The molecule has 5 rings (SSSR count). The molecule has 0 aromatic heterocycles. The normalized spacial score (nSPS) is 19.9. The summed E-state index contributed by atoms with van der Waals surface area (Å²) < 4.78 is 0. The van der Waals surface area contributed by atoms with Crippen LogP contribution in [0.25, 0.3) is 0 Å². The highest BCUT2D eigenvalue weighted by molar-refractivity contribution is 6.08. The van der Waals surface area contributed by atoms with Crippen molar-refractivity contribution in [2.45, 2.75) is 38.2 Å². The van der Waals surface area contributed by atoms with Crippen LogP contribution in [0.4, 0.5) is 5.69 Å². The lowest BCUT2D eigenvalue weighted by atomic mass is 9.90. The highest BCUT2D eigenvalue weighted by atomic mass is 16.7. The van der Waals surface area contributed by atoms with Gasteiger partial charge in [-0.15, -0.1) is 0 Å². The minimum absolute atomic E-state index is 0.0661. The summed E-state index contributed by atoms with van der Waals surface area (Å²) in [5.41, 5.74) is 3.22. The number of para-hydroxylation sites is 1. The Morgan fingerprint density at radius 1 is 0.944 bits per heavy atom. The SMILES string of the molecule is CC1(C(=O)Nc2ccccc2)CC(c2ccc(C(=O)N3CCC(Cc4ccccc4)CC3)cc2)=NO1. The third-order valence-corrected chi connectivity index (χ3v) is 7.11. The van der Waals surface area contributed by atoms with Crippen LogP contribution in [0, 0.1) is 5.92 Å². The van der Waals surface area contributed by atoms with Crippen LogP contribution < -0.4 is 5.32 Å². The predicted octanol–water partition coefficient (Wildman–Crippen LogP) is 5.30. The Bertz CT molecular complexity index is 1230. The van der Waals surface area contributed by atoms with E-state index in [0.717, 1.165) is 37.9 Å². The van der Waals surface area contributed by atoms with Crippen molar-refractivity contribution in [3.05, 3.63) is 102 Å². The Kier molecular flexibility index (Phi) is 6.85. The van der Waals surface area contributed by atoms with Crippen LogP contribution in [0.15, 0.2) is 90.1 Å². The summed E-state index contributed by atoms with van der Waals surface area (Å²) in [6.45, 7) is 3.31. The molecule has 0 radical (unpaired) electrons. The van der Waals surface area contributed by atoms with Gasteiger partial charge < -0.3 is 15.1 Å². The van der Waals surface area contributed by atoms with Crippen molar-refractivity contribution in [2.24, 2.45) is 11.1 Å². The zero-order valence-electron chi connectivity index (χ0n) is 20.5. The van der Waals surface area contributed by atoms with E-state index < -0.39 is 5.60 Å². The number of oxime groups is 1. The average molecular weight is 482 g/mol. The van der Waals surface area contributed by atoms with E-state index >= 15 is 0 Å². The molecule has 2 aliphatic rings. The Morgan fingerprint density at radius 3 is 2.25 bits per heavy atom. The molecule has 1 atom stereocenters. The molecule has 1 fully saturated rings. The summed E-state index contributed by atoms with van der Waals surface area (Å²) >= 11 is 0. The predicted molar refractivity (Wildman–Crippen MR) is 141 cm³/mol. The molecule has 36 heavy (non-hydrogen) atoms. The molecular formula is C30H31N3O3. The molecule has 6 heteroatoms. The molecule has 0 aliphatic carbocycles. The van der Waals surface area contributed by atoms with Crippen LogP contribution in [0.2, 0.25) is 0 Å². The molecule has 3 aromatic rings. The fourth-order valence-corrected chi connectivity index (χ4v) is 4.88. The third kappa shape index (κ3) is 5.33. The first-order valence-electron chi connectivity index (χ1n) is 12.6. The van der Waals surface area contributed by atoms with E-state index in [1.165, 1.54) is 5.56 Å². The lowest BCUT2D eigenvalue weighted by Gasteiger charge is -2.32. The van der Waals surface area contributed by atoms with Crippen molar-refractivity contribution in [3.63, 3.8) is 0 Å². The molecule has 0 bridgehead atoms. The Hall–Kier alpha value is -3.93. The zero-order valence-corrected chi connectivity index (χ0v) is 20.5. The number of amides is 2. The Morgan fingerprint density at radius 2 is 1.58 bits per heavy atom. The smallest absolute Gasteiger partial charge is 0.271 e. The molecule has 1 N–H and O–H groups in total. The van der Waals surface area contributed by atoms with Crippen LogP contribution >= 0.6 is 0 Å². The maximum absolute atomic E-state index is 13.1. The lowest BCUT2D eigenvalue weighted by molar-refractivity contribution is -0.135. The van der Waals surface area contributed by atoms with Gasteiger partial charge in [-0.25, -0.2) is 0 Å². The number of carbonyl (C=O) groups excluding carboxylic acids is 2. The molecule has 0 spiro atoms. The number of hydrogen-bond acceptors (Lipinski definition) is 4. The first-order chi connectivity index (χ1) is 17.5. The summed E-state index contributed by atoms with van der Waals surface area (Å²) in [6.07, 6.45) is 3.48. The quantitative estimate of drug-likeness (QED) is 0.519. The number of piperidine rings is 1. The van der Waals surface area contributed by atoms with Crippen molar-refractivity contribution >= 4 is 23.2 Å². The maximum Gasteiger partial charge on any atom is 0.271 e. The van der Waals surface area contributed by atoms with E-state index in [1.54, 1.807) is 6.92 Å². The van der Waals surface area contributed by atoms with Crippen LogP contribution in [0.3, 0.4) is 0 Å². The summed E-state index contributed by atoms with van der Waals surface area (Å²) in [5.74, 6) is 0.443. The first kappa shape index (κ1) is 23.8. The minimum Gasteiger partial charge on any atom is -0.379 e. The van der Waals surface area contributed by atoms with Crippen molar-refractivity contribution in [1.82, 2.24) is 4.90 Å². The molecule has 6 nitrogen and oxygen atoms in total. The highest BCUT2D eigenvalue weighted by Gasteiger charge is 2.42. The number of nitrogens with one attached hydrogen (secondary N) is 1. The second kappa shape index (κ2) is 10.4. The molecule has 0 saturated carbocycles. The van der Waals surface area contributed by atoms with Gasteiger partial charge in [0, 0.05) is 30.8 Å². The standard InChI is InChI=1S/C30H31N3O3/c1-30(29(35)31-26-10-6-3-7-11-26)21-27(32-36-30)24-12-14-25(15-13-24)28(34)33-18-16-23(17-19-33)20-22-8-4-2-5-9-22/h2-15,23H,16-21H2,1H3,(H,31,35). The van der Waals surface area contributed by atoms with Crippen LogP contribution in [0.1, 0.15) is 47.7 Å². The number of carbonyl (C=O) groups is 2. The van der Waals surface area contributed by atoms with Gasteiger partial charge in [-0.2, -0.15) is 0 Å². The van der Waals surface area contributed by atoms with E-state index in [9.17, 15) is 9.59 Å². The number of likely N-dealkylation sites (tertiary alicyclic amines) is 1. The largest absolute Gasteiger partial charge is 0.379 e. The van der Waals surface area contributed by atoms with Crippen LogP contribution in [0.5, 0.6) is 0 Å². The van der Waals surface area contributed by atoms with Gasteiger partial charge >= 0.3 is 0 Å². The van der Waals surface area contributed by atoms with Gasteiger partial charge in [-0.1, -0.05) is 65.8 Å². The van der Waals surface area contributed by atoms with Gasteiger partial charge in [-0.3, -0.25) is 9.59 Å². The van der Waals surface area contributed by atoms with Gasteiger partial charge in [0.2, 0.25) is 5.60 Å². The van der Waals surface area contributed by atoms with Crippen molar-refractivity contribution in [1.29, 1.82) is 0 Å². The highest BCUT2D eigenvalue weighted by Crippen LogP contribution is 2.29. The fraction of sp³-hybridized carbons (Fsp3) is 0.300. The second-order valence-electron chi connectivity index (χ2n) is 9.86. The summed E-state index contributed by atoms with van der Waals surface area (Å²) in [6, 6.07) is 27.3. The molecule has 2 aliphatic heterocycles. The van der Waals surface area contributed by atoms with E-state index in [0.29, 0.717) is 29.3 Å². The zero-order chi connectivity index (χ0) is 25.0. The molecule has 2 amide bonds. The third-order valence-electron chi connectivity index (χ3n) is 7.11. The number of hydrogen-bond donors (Lipinski definition) is 1. The number of rotatable bonds is 6. The summed E-state index contributed by atoms with van der Waals surface area (Å²) in [4.78, 5) is 33.4. The van der Waals surface area contributed by atoms with Gasteiger partial charge in [0.15, 0.2) is 0 Å². The number of nitrogens with zero attached hydrogens (tertiary/aromatic N) is 2. The summed E-state index contributed by atoms with van der Waals surface area (Å²) in [7, 11) is 0. The Labute approximate surface area is 212 Å². The monoisotopic (exact) mass is 481 g/mol. The van der Waals surface area contributed by atoms with E-state index in [-0.39, 0.29) is 11.8 Å². The maximum atomic E-state index is 13.1. The molecule has 2 heterocycles. The van der Waals surface area contributed by atoms with Crippen molar-refractivity contribution < 1.29 is 14.4 Å². The fourth-order valence-electron chi connectivity index (χ4n) is 4.88.